The van der Waals surface area contributed by atoms with Crippen LogP contribution in [0.25, 0.3) is 0 Å². The Morgan fingerprint density at radius 3 is 2.08 bits per heavy atom. The summed E-state index contributed by atoms with van der Waals surface area (Å²) < 4.78 is 0. The number of aliphatic hydroxyl groups is 2. The summed E-state index contributed by atoms with van der Waals surface area (Å²) in [5.41, 5.74) is 12.7. The molecule has 66 valence electrons. The van der Waals surface area contributed by atoms with Crippen LogP contribution < -0.4 is 11.5 Å². The minimum absolute atomic E-state index is 0.0680. The molecule has 12 heavy (non-hydrogen) atoms. The van der Waals surface area contributed by atoms with E-state index in [1.54, 1.807) is 18.2 Å². The fourth-order valence-electron chi connectivity index (χ4n) is 1.04. The van der Waals surface area contributed by atoms with E-state index < -0.39 is 6.29 Å². The third-order valence-electron chi connectivity index (χ3n) is 1.64. The fourth-order valence-corrected chi connectivity index (χ4v) is 1.04. The van der Waals surface area contributed by atoms with Gasteiger partial charge >= 0.3 is 0 Å². The minimum Gasteiger partial charge on any atom is -0.398 e. The first-order chi connectivity index (χ1) is 5.61. The number of hydrogen-bond acceptors (Lipinski definition) is 4. The fraction of sp³-hybridized carbons (Fsp3) is 0.250. The molecule has 1 rings (SSSR count). The zero-order valence-electron chi connectivity index (χ0n) is 6.57. The lowest BCUT2D eigenvalue weighted by Gasteiger charge is -2.09. The van der Waals surface area contributed by atoms with Crippen LogP contribution in [0.15, 0.2) is 18.2 Å². The second-order valence-electron chi connectivity index (χ2n) is 2.60. The number of rotatable bonds is 2. The second kappa shape index (κ2) is 3.42. The van der Waals surface area contributed by atoms with Gasteiger partial charge in [0.2, 0.25) is 0 Å². The van der Waals surface area contributed by atoms with Gasteiger partial charge in [0.05, 0.1) is 0 Å². The summed E-state index contributed by atoms with van der Waals surface area (Å²) >= 11 is 0. The molecule has 0 unspecified atom stereocenters. The van der Waals surface area contributed by atoms with Crippen LogP contribution in [0.3, 0.4) is 0 Å². The van der Waals surface area contributed by atoms with E-state index in [0.29, 0.717) is 16.9 Å². The number of nitrogens with two attached hydrogens (primary N) is 2. The Hall–Kier alpha value is -1.26. The molecule has 1 aromatic rings. The summed E-state index contributed by atoms with van der Waals surface area (Å²) in [5.74, 6) is 0. The van der Waals surface area contributed by atoms with Crippen LogP contribution in [0, 0.1) is 0 Å². The molecule has 6 N–H and O–H groups in total. The van der Waals surface area contributed by atoms with Crippen molar-refractivity contribution in [2.24, 2.45) is 0 Å². The van der Waals surface area contributed by atoms with Crippen molar-refractivity contribution in [3.63, 3.8) is 0 Å². The molecular weight excluding hydrogens is 156 g/mol. The summed E-state index contributed by atoms with van der Waals surface area (Å²) in [6.45, 7) is 0. The molecule has 0 saturated carbocycles. The van der Waals surface area contributed by atoms with Crippen LogP contribution >= 0.6 is 0 Å². The third kappa shape index (κ3) is 1.87. The van der Waals surface area contributed by atoms with Gasteiger partial charge in [-0.2, -0.15) is 0 Å². The van der Waals surface area contributed by atoms with Gasteiger partial charge in [-0.3, -0.25) is 0 Å². The number of hydrogen-bond donors (Lipinski definition) is 4. The Balaban J connectivity index is 2.96. The molecule has 0 bridgehead atoms. The van der Waals surface area contributed by atoms with Gasteiger partial charge in [0.25, 0.3) is 0 Å². The van der Waals surface area contributed by atoms with E-state index in [0.717, 1.165) is 0 Å². The van der Waals surface area contributed by atoms with Crippen molar-refractivity contribution in [2.45, 2.75) is 12.7 Å². The molecule has 0 saturated heterocycles. The molecule has 4 nitrogen and oxygen atoms in total. The van der Waals surface area contributed by atoms with E-state index in [4.69, 9.17) is 21.7 Å². The zero-order chi connectivity index (χ0) is 9.14. The largest absolute Gasteiger partial charge is 0.398 e. The van der Waals surface area contributed by atoms with Crippen LogP contribution in [-0.2, 0) is 6.42 Å². The maximum atomic E-state index is 8.70. The highest BCUT2D eigenvalue weighted by Gasteiger charge is 2.06. The minimum atomic E-state index is -1.41. The van der Waals surface area contributed by atoms with Crippen molar-refractivity contribution >= 4 is 11.4 Å². The summed E-state index contributed by atoms with van der Waals surface area (Å²) in [6, 6.07) is 5.07. The maximum Gasteiger partial charge on any atom is 0.155 e. The summed E-state index contributed by atoms with van der Waals surface area (Å²) in [7, 11) is 0. The van der Waals surface area contributed by atoms with Gasteiger partial charge in [0, 0.05) is 23.4 Å². The molecule has 1 aromatic carbocycles. The summed E-state index contributed by atoms with van der Waals surface area (Å²) in [6.07, 6.45) is -1.34. The van der Waals surface area contributed by atoms with Crippen molar-refractivity contribution in [3.8, 4) is 0 Å². The van der Waals surface area contributed by atoms with Crippen molar-refractivity contribution in [2.75, 3.05) is 11.5 Å². The van der Waals surface area contributed by atoms with Crippen LogP contribution in [0.2, 0.25) is 0 Å². The van der Waals surface area contributed by atoms with Crippen LogP contribution in [-0.4, -0.2) is 16.5 Å². The van der Waals surface area contributed by atoms with Gasteiger partial charge in [0.1, 0.15) is 0 Å². The van der Waals surface area contributed by atoms with E-state index in [1.807, 2.05) is 0 Å². The Bertz CT molecular complexity index is 254. The molecule has 0 atom stereocenters. The number of benzene rings is 1. The molecular formula is C8H12N2O2. The quantitative estimate of drug-likeness (QED) is 0.360. The number of nitrogen functional groups attached to an aromatic ring is 2. The van der Waals surface area contributed by atoms with Gasteiger partial charge < -0.3 is 21.7 Å². The first kappa shape index (κ1) is 8.83. The monoisotopic (exact) mass is 168 g/mol. The standard InChI is InChI=1S/C8H12N2O2/c9-6-2-1-3-7(10)5(6)4-8(11)12/h1-3,8,11-12H,4,9-10H2. The van der Waals surface area contributed by atoms with Crippen molar-refractivity contribution in [3.05, 3.63) is 23.8 Å². The van der Waals surface area contributed by atoms with Gasteiger partial charge in [-0.05, 0) is 12.1 Å². The predicted molar refractivity (Wildman–Crippen MR) is 47.2 cm³/mol. The molecule has 4 heteroatoms. The molecule has 0 aliphatic rings. The Morgan fingerprint density at radius 1 is 1.17 bits per heavy atom. The zero-order valence-corrected chi connectivity index (χ0v) is 6.57. The van der Waals surface area contributed by atoms with Gasteiger partial charge in [0.15, 0.2) is 6.29 Å². The number of anilines is 2. The molecule has 0 fully saturated rings. The van der Waals surface area contributed by atoms with E-state index in [-0.39, 0.29) is 6.42 Å². The predicted octanol–water partition coefficient (Wildman–Crippen LogP) is -0.296. The lowest BCUT2D eigenvalue weighted by Crippen LogP contribution is -2.11. The van der Waals surface area contributed by atoms with E-state index >= 15 is 0 Å². The lowest BCUT2D eigenvalue weighted by molar-refractivity contribution is -0.0379. The topological polar surface area (TPSA) is 92.5 Å². The van der Waals surface area contributed by atoms with Crippen molar-refractivity contribution < 1.29 is 10.2 Å². The van der Waals surface area contributed by atoms with Crippen molar-refractivity contribution in [1.29, 1.82) is 0 Å². The third-order valence-corrected chi connectivity index (χ3v) is 1.64. The Kier molecular flexibility index (Phi) is 2.52. The van der Waals surface area contributed by atoms with Crippen LogP contribution in [0.5, 0.6) is 0 Å². The van der Waals surface area contributed by atoms with E-state index in [2.05, 4.69) is 0 Å². The molecule has 0 aromatic heterocycles. The highest BCUT2D eigenvalue weighted by Crippen LogP contribution is 2.19. The first-order valence-electron chi connectivity index (χ1n) is 3.60. The highest BCUT2D eigenvalue weighted by molar-refractivity contribution is 5.61. The summed E-state index contributed by atoms with van der Waals surface area (Å²) in [4.78, 5) is 0. The smallest absolute Gasteiger partial charge is 0.155 e. The lowest BCUT2D eigenvalue weighted by atomic mass is 10.1. The molecule has 0 aliphatic carbocycles. The molecule has 0 aliphatic heterocycles. The summed E-state index contributed by atoms with van der Waals surface area (Å²) in [5, 5.41) is 17.4. The average molecular weight is 168 g/mol. The van der Waals surface area contributed by atoms with Gasteiger partial charge in [-0.1, -0.05) is 6.07 Å². The number of aliphatic hydroxyl groups excluding tert-OH is 1. The molecule has 0 spiro atoms. The Morgan fingerprint density at radius 2 is 1.67 bits per heavy atom. The second-order valence-corrected chi connectivity index (χ2v) is 2.60. The highest BCUT2D eigenvalue weighted by atomic mass is 16.5. The molecule has 0 radical (unpaired) electrons. The first-order valence-corrected chi connectivity index (χ1v) is 3.60. The average Bonchev–Trinajstić information content (AvgIpc) is 1.97. The molecule has 0 amide bonds. The van der Waals surface area contributed by atoms with E-state index in [9.17, 15) is 0 Å². The normalized spacial score (nSPS) is 10.6. The van der Waals surface area contributed by atoms with Crippen LogP contribution in [0.1, 0.15) is 5.56 Å². The Labute approximate surface area is 70.4 Å². The van der Waals surface area contributed by atoms with Crippen molar-refractivity contribution in [1.82, 2.24) is 0 Å². The van der Waals surface area contributed by atoms with Gasteiger partial charge in [-0.25, -0.2) is 0 Å². The SMILES string of the molecule is Nc1cccc(N)c1CC(O)O. The van der Waals surface area contributed by atoms with Gasteiger partial charge in [-0.15, -0.1) is 0 Å². The maximum absolute atomic E-state index is 8.70. The molecule has 0 heterocycles. The van der Waals surface area contributed by atoms with E-state index in [1.165, 1.54) is 0 Å². The van der Waals surface area contributed by atoms with Crippen LogP contribution in [0.4, 0.5) is 11.4 Å².